The van der Waals surface area contributed by atoms with E-state index >= 15 is 0 Å². The van der Waals surface area contributed by atoms with Crippen LogP contribution in [-0.2, 0) is 13.0 Å². The molecule has 0 radical (unpaired) electrons. The molecule has 3 heterocycles. The first kappa shape index (κ1) is 20.7. The summed E-state index contributed by atoms with van der Waals surface area (Å²) < 4.78 is 8.25. The molecule has 1 aliphatic heterocycles. The van der Waals surface area contributed by atoms with Crippen LogP contribution in [0.4, 0.5) is 10.8 Å². The maximum absolute atomic E-state index is 13.2. The van der Waals surface area contributed by atoms with Crippen molar-refractivity contribution in [3.8, 4) is 17.0 Å². The third kappa shape index (κ3) is 3.47. The van der Waals surface area contributed by atoms with E-state index in [1.165, 1.54) is 18.4 Å². The van der Waals surface area contributed by atoms with E-state index in [0.717, 1.165) is 44.9 Å². The average molecular weight is 511 g/mol. The Kier molecular flexibility index (Phi) is 5.22. The third-order valence-corrected chi connectivity index (χ3v) is 6.86. The minimum absolute atomic E-state index is 0.0991. The van der Waals surface area contributed by atoms with Crippen LogP contribution < -0.4 is 20.8 Å². The molecule has 0 fully saturated rings. The number of rotatable bonds is 5. The van der Waals surface area contributed by atoms with Crippen LogP contribution in [0.15, 0.2) is 51.2 Å². The predicted octanol–water partition coefficient (Wildman–Crippen LogP) is 4.75. The van der Waals surface area contributed by atoms with Crippen LogP contribution in [0.3, 0.4) is 0 Å². The number of methoxy groups -OCH3 is 1. The van der Waals surface area contributed by atoms with Gasteiger partial charge in [-0.25, -0.2) is 4.98 Å². The number of carbonyl (C=O) groups is 1. The number of aromatic nitrogens is 2. The fourth-order valence-electron chi connectivity index (χ4n) is 4.04. The van der Waals surface area contributed by atoms with Crippen LogP contribution in [0.2, 0.25) is 0 Å². The highest BCUT2D eigenvalue weighted by molar-refractivity contribution is 9.10. The van der Waals surface area contributed by atoms with E-state index in [-0.39, 0.29) is 11.0 Å². The molecule has 162 valence electrons. The largest absolute Gasteiger partial charge is 0.495 e. The number of hydrogen-bond acceptors (Lipinski definition) is 6. The lowest BCUT2D eigenvalue weighted by Crippen LogP contribution is -2.23. The van der Waals surface area contributed by atoms with Crippen LogP contribution >= 0.6 is 27.3 Å². The lowest BCUT2D eigenvalue weighted by molar-refractivity contribution is 0.102. The van der Waals surface area contributed by atoms with Crippen molar-refractivity contribution in [1.29, 1.82) is 0 Å². The molecule has 0 spiro atoms. The number of halogens is 1. The summed E-state index contributed by atoms with van der Waals surface area (Å²) in [7, 11) is 3.36. The van der Waals surface area contributed by atoms with Gasteiger partial charge in [-0.15, -0.1) is 11.3 Å². The molecular formula is C23H19BrN4O3S. The van der Waals surface area contributed by atoms with Crippen molar-refractivity contribution in [2.24, 2.45) is 0 Å². The Morgan fingerprint density at radius 2 is 2.12 bits per heavy atom. The number of thiazole rings is 1. The van der Waals surface area contributed by atoms with E-state index < -0.39 is 5.91 Å². The number of amides is 1. The standard InChI is InChI=1S/C23H19BrN4O3S/c1-25-23-27-18(11-32-23)12-3-4-19(31-2)17(8-12)26-22(30)16-10-28-6-5-13-7-14(24)9-15(20(13)28)21(16)29/h3-4,7-11H,5-6H2,1-2H3,(H,25,27)(H,26,30). The maximum Gasteiger partial charge on any atom is 0.261 e. The zero-order chi connectivity index (χ0) is 22.4. The lowest BCUT2D eigenvalue weighted by Gasteiger charge is -2.13. The number of carbonyl (C=O) groups excluding carboxylic acids is 1. The second kappa shape index (κ2) is 8.07. The zero-order valence-corrected chi connectivity index (χ0v) is 19.8. The van der Waals surface area contributed by atoms with Crippen molar-refractivity contribution < 1.29 is 9.53 Å². The maximum atomic E-state index is 13.2. The number of aryl methyl sites for hydroxylation is 2. The Morgan fingerprint density at radius 1 is 1.28 bits per heavy atom. The normalized spacial score (nSPS) is 12.2. The van der Waals surface area contributed by atoms with E-state index in [1.54, 1.807) is 24.4 Å². The van der Waals surface area contributed by atoms with Crippen LogP contribution in [0.5, 0.6) is 5.75 Å². The van der Waals surface area contributed by atoms with E-state index in [1.807, 2.05) is 29.1 Å². The second-order valence-electron chi connectivity index (χ2n) is 7.43. The Bertz CT molecular complexity index is 1440. The molecule has 9 heteroatoms. The number of anilines is 2. The number of benzene rings is 2. The Morgan fingerprint density at radius 3 is 2.88 bits per heavy atom. The molecular weight excluding hydrogens is 492 g/mol. The molecule has 0 saturated carbocycles. The quantitative estimate of drug-likeness (QED) is 0.404. The summed E-state index contributed by atoms with van der Waals surface area (Å²) >= 11 is 4.97. The molecule has 32 heavy (non-hydrogen) atoms. The zero-order valence-electron chi connectivity index (χ0n) is 17.4. The average Bonchev–Trinajstić information content (AvgIpc) is 3.43. The molecule has 0 aliphatic carbocycles. The number of nitrogens with zero attached hydrogens (tertiary/aromatic N) is 2. The number of ether oxygens (including phenoxy) is 1. The van der Waals surface area contributed by atoms with Gasteiger partial charge in [0, 0.05) is 40.6 Å². The SMILES string of the molecule is CNc1nc(-c2ccc(OC)c(NC(=O)c3cn4c5c(cc(Br)cc5c3=O)CC4)c2)cs1. The van der Waals surface area contributed by atoms with Gasteiger partial charge in [-0.2, -0.15) is 0 Å². The summed E-state index contributed by atoms with van der Waals surface area (Å²) in [4.78, 5) is 30.9. The van der Waals surface area contributed by atoms with Gasteiger partial charge in [-0.1, -0.05) is 15.9 Å². The van der Waals surface area contributed by atoms with Gasteiger partial charge in [0.25, 0.3) is 5.91 Å². The number of pyridine rings is 1. The molecule has 1 amide bonds. The molecule has 2 aromatic carbocycles. The van der Waals surface area contributed by atoms with Crippen LogP contribution in [0.1, 0.15) is 15.9 Å². The highest BCUT2D eigenvalue weighted by Gasteiger charge is 2.22. The fourth-order valence-corrected chi connectivity index (χ4v) is 5.22. The summed E-state index contributed by atoms with van der Waals surface area (Å²) in [5, 5.41) is 9.17. The van der Waals surface area contributed by atoms with Gasteiger partial charge in [-0.05, 0) is 42.3 Å². The summed E-state index contributed by atoms with van der Waals surface area (Å²) in [6, 6.07) is 9.27. The molecule has 0 atom stereocenters. The van der Waals surface area contributed by atoms with E-state index in [4.69, 9.17) is 4.74 Å². The Labute approximate surface area is 196 Å². The van der Waals surface area contributed by atoms with Gasteiger partial charge in [0.2, 0.25) is 5.43 Å². The molecule has 5 rings (SSSR count). The van der Waals surface area contributed by atoms with E-state index in [2.05, 4.69) is 31.5 Å². The molecule has 2 N–H and O–H groups in total. The van der Waals surface area contributed by atoms with Crippen LogP contribution in [0.25, 0.3) is 22.2 Å². The first-order chi connectivity index (χ1) is 15.5. The molecule has 0 bridgehead atoms. The summed E-state index contributed by atoms with van der Waals surface area (Å²) in [5.41, 5.74) is 3.92. The number of hydrogen-bond donors (Lipinski definition) is 2. The van der Waals surface area contributed by atoms with Crippen molar-refractivity contribution >= 4 is 54.9 Å². The smallest absolute Gasteiger partial charge is 0.261 e. The molecule has 0 unspecified atom stereocenters. The van der Waals surface area contributed by atoms with Crippen molar-refractivity contribution in [3.63, 3.8) is 0 Å². The topological polar surface area (TPSA) is 85.2 Å². The van der Waals surface area contributed by atoms with Gasteiger partial charge in [0.15, 0.2) is 5.13 Å². The van der Waals surface area contributed by atoms with Crippen LogP contribution in [-0.4, -0.2) is 29.6 Å². The molecule has 4 aromatic rings. The van der Waals surface area contributed by atoms with E-state index in [9.17, 15) is 9.59 Å². The monoisotopic (exact) mass is 510 g/mol. The van der Waals surface area contributed by atoms with Crippen molar-refractivity contribution in [3.05, 3.63) is 67.7 Å². The van der Waals surface area contributed by atoms with Gasteiger partial charge in [0.1, 0.15) is 11.3 Å². The minimum Gasteiger partial charge on any atom is -0.495 e. The Hall–Kier alpha value is -3.17. The fraction of sp³-hybridized carbons (Fsp3) is 0.174. The summed E-state index contributed by atoms with van der Waals surface area (Å²) in [5.74, 6) is 0.0281. The van der Waals surface area contributed by atoms with Crippen LogP contribution in [0, 0.1) is 0 Å². The number of nitrogens with one attached hydrogen (secondary N) is 2. The highest BCUT2D eigenvalue weighted by atomic mass is 79.9. The highest BCUT2D eigenvalue weighted by Crippen LogP contribution is 2.33. The minimum atomic E-state index is -0.473. The second-order valence-corrected chi connectivity index (χ2v) is 9.21. The summed E-state index contributed by atoms with van der Waals surface area (Å²) in [6.07, 6.45) is 2.49. The van der Waals surface area contributed by atoms with Gasteiger partial charge in [0.05, 0.1) is 24.0 Å². The van der Waals surface area contributed by atoms with Gasteiger partial charge < -0.3 is 19.9 Å². The predicted molar refractivity (Wildman–Crippen MR) is 131 cm³/mol. The van der Waals surface area contributed by atoms with Crippen molar-refractivity contribution in [2.75, 3.05) is 24.8 Å². The lowest BCUT2D eigenvalue weighted by atomic mass is 10.1. The third-order valence-electron chi connectivity index (χ3n) is 5.54. The van der Waals surface area contributed by atoms with E-state index in [0.29, 0.717) is 16.8 Å². The molecule has 0 saturated heterocycles. The van der Waals surface area contributed by atoms with Gasteiger partial charge in [-0.3, -0.25) is 9.59 Å². The van der Waals surface area contributed by atoms with Crippen molar-refractivity contribution in [1.82, 2.24) is 9.55 Å². The molecule has 1 aliphatic rings. The summed E-state index contributed by atoms with van der Waals surface area (Å²) in [6.45, 7) is 0.735. The first-order valence-corrected chi connectivity index (χ1v) is 11.6. The molecule has 7 nitrogen and oxygen atoms in total. The van der Waals surface area contributed by atoms with Gasteiger partial charge >= 0.3 is 0 Å². The van der Waals surface area contributed by atoms with Crippen molar-refractivity contribution in [2.45, 2.75) is 13.0 Å². The Balaban J connectivity index is 1.54. The molecule has 2 aromatic heterocycles. The first-order valence-electron chi connectivity index (χ1n) is 9.97.